The molecule has 2 atom stereocenters. The van der Waals surface area contributed by atoms with Crippen molar-refractivity contribution in [3.63, 3.8) is 0 Å². The Bertz CT molecular complexity index is 542. The lowest BCUT2D eigenvalue weighted by Crippen LogP contribution is -2.26. The second-order valence-electron chi connectivity index (χ2n) is 5.28. The van der Waals surface area contributed by atoms with Gasteiger partial charge in [0.25, 0.3) is 0 Å². The number of fused-ring (bicyclic) bond motifs is 1. The average Bonchev–Trinajstić information content (AvgIpc) is 3.03. The summed E-state index contributed by atoms with van der Waals surface area (Å²) in [6.45, 7) is 2.87. The van der Waals surface area contributed by atoms with E-state index in [1.165, 1.54) is 24.0 Å². The SMILES string of the molecule is COC[C@H]1CCC[C@H]1Nc1nc2c(s1)c(C)nn2C. The van der Waals surface area contributed by atoms with Crippen LogP contribution in [0, 0.1) is 12.8 Å². The van der Waals surface area contributed by atoms with Crippen LogP contribution < -0.4 is 5.32 Å². The molecule has 0 aromatic carbocycles. The molecule has 2 aromatic heterocycles. The molecule has 1 fully saturated rings. The molecule has 1 saturated carbocycles. The summed E-state index contributed by atoms with van der Waals surface area (Å²) in [5.74, 6) is 0.608. The van der Waals surface area contributed by atoms with E-state index in [1.807, 2.05) is 18.7 Å². The molecular weight excluding hydrogens is 260 g/mol. The summed E-state index contributed by atoms with van der Waals surface area (Å²) in [7, 11) is 3.73. The summed E-state index contributed by atoms with van der Waals surface area (Å²) in [4.78, 5) is 4.66. The fraction of sp³-hybridized carbons (Fsp3) is 0.692. The molecule has 104 valence electrons. The molecule has 0 amide bonds. The molecule has 1 N–H and O–H groups in total. The van der Waals surface area contributed by atoms with Gasteiger partial charge in [-0.25, -0.2) is 9.67 Å². The third-order valence-electron chi connectivity index (χ3n) is 3.89. The standard InChI is InChI=1S/C13H20N4OS/c1-8-11-12(17(2)16-8)15-13(19-11)14-10-6-4-5-9(10)7-18-3/h9-10H,4-7H2,1-3H3,(H,14,15)/t9-,10-/m1/s1. The number of aryl methyl sites for hydroxylation is 2. The predicted molar refractivity (Wildman–Crippen MR) is 77.8 cm³/mol. The molecular formula is C13H20N4OS. The van der Waals surface area contributed by atoms with Gasteiger partial charge in [0.2, 0.25) is 0 Å². The quantitative estimate of drug-likeness (QED) is 0.935. The summed E-state index contributed by atoms with van der Waals surface area (Å²) < 4.78 is 8.35. The van der Waals surface area contributed by atoms with Gasteiger partial charge in [-0.1, -0.05) is 17.8 Å². The third-order valence-corrected chi connectivity index (χ3v) is 4.98. The Morgan fingerprint density at radius 3 is 3.05 bits per heavy atom. The van der Waals surface area contributed by atoms with Gasteiger partial charge < -0.3 is 10.1 Å². The number of hydrogen-bond acceptors (Lipinski definition) is 5. The van der Waals surface area contributed by atoms with Crippen LogP contribution in [0.25, 0.3) is 10.3 Å². The normalized spacial score (nSPS) is 23.3. The van der Waals surface area contributed by atoms with E-state index in [0.29, 0.717) is 12.0 Å². The Balaban J connectivity index is 1.79. The number of aromatic nitrogens is 3. The first-order chi connectivity index (χ1) is 9.19. The fourth-order valence-electron chi connectivity index (χ4n) is 2.95. The predicted octanol–water partition coefficient (Wildman–Crippen LogP) is 2.57. The summed E-state index contributed by atoms with van der Waals surface area (Å²) >= 11 is 1.71. The van der Waals surface area contributed by atoms with Crippen LogP contribution in [0.4, 0.5) is 5.13 Å². The van der Waals surface area contributed by atoms with Gasteiger partial charge in [0.05, 0.1) is 17.0 Å². The zero-order valence-corrected chi connectivity index (χ0v) is 12.5. The maximum absolute atomic E-state index is 5.30. The topological polar surface area (TPSA) is 52.0 Å². The first-order valence-electron chi connectivity index (χ1n) is 6.74. The van der Waals surface area contributed by atoms with E-state index < -0.39 is 0 Å². The second-order valence-corrected chi connectivity index (χ2v) is 6.28. The summed E-state index contributed by atoms with van der Waals surface area (Å²) in [5.41, 5.74) is 2.04. The number of methoxy groups -OCH3 is 1. The molecule has 1 aliphatic carbocycles. The Labute approximate surface area is 117 Å². The highest BCUT2D eigenvalue weighted by Crippen LogP contribution is 2.33. The first-order valence-corrected chi connectivity index (χ1v) is 7.56. The Kier molecular flexibility index (Phi) is 3.45. The van der Waals surface area contributed by atoms with E-state index in [0.717, 1.165) is 23.1 Å². The number of anilines is 1. The van der Waals surface area contributed by atoms with Crippen molar-refractivity contribution in [1.82, 2.24) is 14.8 Å². The molecule has 0 radical (unpaired) electrons. The molecule has 5 nitrogen and oxygen atoms in total. The van der Waals surface area contributed by atoms with Crippen molar-refractivity contribution in [3.8, 4) is 0 Å². The summed E-state index contributed by atoms with van der Waals surface area (Å²) in [6.07, 6.45) is 3.73. The molecule has 0 unspecified atom stereocenters. The van der Waals surface area contributed by atoms with Crippen molar-refractivity contribution >= 4 is 26.8 Å². The average molecular weight is 280 g/mol. The Hall–Kier alpha value is -1.14. The van der Waals surface area contributed by atoms with Crippen LogP contribution in [0.2, 0.25) is 0 Å². The Morgan fingerprint density at radius 2 is 2.32 bits per heavy atom. The van der Waals surface area contributed by atoms with Gasteiger partial charge in [0, 0.05) is 26.1 Å². The summed E-state index contributed by atoms with van der Waals surface area (Å²) in [5, 5.41) is 8.99. The van der Waals surface area contributed by atoms with Crippen molar-refractivity contribution in [3.05, 3.63) is 5.69 Å². The van der Waals surface area contributed by atoms with Crippen LogP contribution in [0.15, 0.2) is 0 Å². The third kappa shape index (κ3) is 2.34. The van der Waals surface area contributed by atoms with Crippen LogP contribution in [0.5, 0.6) is 0 Å². The number of ether oxygens (including phenoxy) is 1. The molecule has 6 heteroatoms. The first kappa shape index (κ1) is 12.9. The van der Waals surface area contributed by atoms with E-state index in [-0.39, 0.29) is 0 Å². The van der Waals surface area contributed by atoms with E-state index in [9.17, 15) is 0 Å². The van der Waals surface area contributed by atoms with E-state index in [4.69, 9.17) is 4.74 Å². The van der Waals surface area contributed by atoms with Crippen LogP contribution in [0.1, 0.15) is 25.0 Å². The molecule has 0 aliphatic heterocycles. The highest BCUT2D eigenvalue weighted by molar-refractivity contribution is 7.22. The lowest BCUT2D eigenvalue weighted by atomic mass is 10.1. The highest BCUT2D eigenvalue weighted by Gasteiger charge is 2.28. The van der Waals surface area contributed by atoms with Crippen molar-refractivity contribution < 1.29 is 4.74 Å². The van der Waals surface area contributed by atoms with Crippen molar-refractivity contribution in [2.75, 3.05) is 19.0 Å². The summed E-state index contributed by atoms with van der Waals surface area (Å²) in [6, 6.07) is 0.494. The van der Waals surface area contributed by atoms with Crippen LogP contribution in [0.3, 0.4) is 0 Å². The van der Waals surface area contributed by atoms with Gasteiger partial charge >= 0.3 is 0 Å². The van der Waals surface area contributed by atoms with E-state index >= 15 is 0 Å². The second kappa shape index (κ2) is 5.09. The van der Waals surface area contributed by atoms with Gasteiger partial charge in [0.15, 0.2) is 10.8 Å². The highest BCUT2D eigenvalue weighted by atomic mass is 32.1. The maximum Gasteiger partial charge on any atom is 0.185 e. The van der Waals surface area contributed by atoms with Gasteiger partial charge in [-0.3, -0.25) is 0 Å². The van der Waals surface area contributed by atoms with Crippen molar-refractivity contribution in [2.45, 2.75) is 32.2 Å². The smallest absolute Gasteiger partial charge is 0.185 e. The monoisotopic (exact) mass is 280 g/mol. The lowest BCUT2D eigenvalue weighted by Gasteiger charge is -2.19. The molecule has 0 spiro atoms. The minimum atomic E-state index is 0.494. The molecule has 2 heterocycles. The maximum atomic E-state index is 5.30. The zero-order valence-electron chi connectivity index (χ0n) is 11.6. The number of hydrogen-bond donors (Lipinski definition) is 1. The van der Waals surface area contributed by atoms with Gasteiger partial charge in [0.1, 0.15) is 0 Å². The fourth-order valence-corrected chi connectivity index (χ4v) is 3.94. The Morgan fingerprint density at radius 1 is 1.47 bits per heavy atom. The van der Waals surface area contributed by atoms with Crippen LogP contribution in [-0.4, -0.2) is 34.5 Å². The number of nitrogens with zero attached hydrogens (tertiary/aromatic N) is 3. The minimum absolute atomic E-state index is 0.494. The van der Waals surface area contributed by atoms with E-state index in [1.54, 1.807) is 18.4 Å². The van der Waals surface area contributed by atoms with Crippen molar-refractivity contribution in [1.29, 1.82) is 0 Å². The molecule has 19 heavy (non-hydrogen) atoms. The number of rotatable bonds is 4. The van der Waals surface area contributed by atoms with Crippen LogP contribution >= 0.6 is 11.3 Å². The zero-order chi connectivity index (χ0) is 13.4. The van der Waals surface area contributed by atoms with Crippen molar-refractivity contribution in [2.24, 2.45) is 13.0 Å². The minimum Gasteiger partial charge on any atom is -0.384 e. The van der Waals surface area contributed by atoms with Gasteiger partial charge in [-0.2, -0.15) is 5.10 Å². The number of nitrogens with one attached hydrogen (secondary N) is 1. The molecule has 1 aliphatic rings. The molecule has 3 rings (SSSR count). The van der Waals surface area contributed by atoms with Gasteiger partial charge in [-0.15, -0.1) is 0 Å². The number of thiazole rings is 1. The van der Waals surface area contributed by atoms with Gasteiger partial charge in [-0.05, 0) is 19.8 Å². The molecule has 0 saturated heterocycles. The van der Waals surface area contributed by atoms with Crippen LogP contribution in [-0.2, 0) is 11.8 Å². The lowest BCUT2D eigenvalue weighted by molar-refractivity contribution is 0.150. The van der Waals surface area contributed by atoms with E-state index in [2.05, 4.69) is 15.4 Å². The largest absolute Gasteiger partial charge is 0.384 e. The molecule has 0 bridgehead atoms. The molecule has 2 aromatic rings.